The molecule has 1 amide bonds. The fourth-order valence-corrected chi connectivity index (χ4v) is 4.96. The quantitative estimate of drug-likeness (QED) is 0.437. The Kier molecular flexibility index (Phi) is 5.86. The summed E-state index contributed by atoms with van der Waals surface area (Å²) in [6.07, 6.45) is 6.68. The smallest absolute Gasteiger partial charge is 0.275 e. The highest BCUT2D eigenvalue weighted by molar-refractivity contribution is 7.09. The van der Waals surface area contributed by atoms with E-state index in [9.17, 15) is 4.79 Å². The van der Waals surface area contributed by atoms with Crippen LogP contribution >= 0.6 is 11.3 Å². The van der Waals surface area contributed by atoms with Gasteiger partial charge in [-0.3, -0.25) is 9.69 Å². The number of nitrogens with one attached hydrogen (secondary N) is 1. The van der Waals surface area contributed by atoms with Gasteiger partial charge in [-0.2, -0.15) is 0 Å². The number of fused-ring (bicyclic) bond motifs is 1. The maximum atomic E-state index is 12.6. The minimum Gasteiger partial charge on any atom is -0.447 e. The second kappa shape index (κ2) is 9.08. The maximum absolute atomic E-state index is 12.6. The first kappa shape index (κ1) is 20.0. The van der Waals surface area contributed by atoms with Gasteiger partial charge in [0, 0.05) is 48.2 Å². The average molecular weight is 435 g/mol. The van der Waals surface area contributed by atoms with Crippen LogP contribution in [0.2, 0.25) is 0 Å². The molecule has 4 heterocycles. The van der Waals surface area contributed by atoms with Crippen LogP contribution in [0, 0.1) is 0 Å². The summed E-state index contributed by atoms with van der Waals surface area (Å²) in [6, 6.07) is 12.6. The lowest BCUT2D eigenvalue weighted by atomic mass is 10.1. The summed E-state index contributed by atoms with van der Waals surface area (Å²) in [5, 5.41) is 3.37. The zero-order valence-corrected chi connectivity index (χ0v) is 18.2. The lowest BCUT2D eigenvalue weighted by molar-refractivity contribution is 0.0787. The summed E-state index contributed by atoms with van der Waals surface area (Å²) < 4.78 is 5.70. The van der Waals surface area contributed by atoms with Gasteiger partial charge in [-0.1, -0.05) is 24.3 Å². The normalized spacial score (nSPS) is 14.2. The molecule has 7 heteroatoms. The molecule has 31 heavy (non-hydrogen) atoms. The molecule has 0 radical (unpaired) electrons. The van der Waals surface area contributed by atoms with Crippen molar-refractivity contribution < 1.29 is 9.21 Å². The van der Waals surface area contributed by atoms with Crippen molar-refractivity contribution in [3.8, 4) is 0 Å². The molecular formula is C24H26N4O2S. The highest BCUT2D eigenvalue weighted by atomic mass is 32.1. The Labute approximate surface area is 185 Å². The first-order chi connectivity index (χ1) is 15.3. The molecule has 1 fully saturated rings. The fourth-order valence-electron chi connectivity index (χ4n) is 4.21. The number of likely N-dealkylation sites (tertiary alicyclic amines) is 1. The summed E-state index contributed by atoms with van der Waals surface area (Å²) in [4.78, 5) is 26.0. The number of hydrogen-bond acceptors (Lipinski definition) is 5. The van der Waals surface area contributed by atoms with Crippen LogP contribution in [0.4, 0.5) is 0 Å². The topological polar surface area (TPSA) is 65.4 Å². The Balaban J connectivity index is 1.29. The first-order valence-corrected chi connectivity index (χ1v) is 11.7. The third-order valence-corrected chi connectivity index (χ3v) is 6.72. The largest absolute Gasteiger partial charge is 0.447 e. The van der Waals surface area contributed by atoms with Gasteiger partial charge in [0.1, 0.15) is 6.26 Å². The fraction of sp³-hybridized carbons (Fsp3) is 0.333. The Morgan fingerprint density at radius 1 is 1.16 bits per heavy atom. The van der Waals surface area contributed by atoms with Crippen LogP contribution in [0.3, 0.4) is 0 Å². The number of rotatable bonds is 8. The van der Waals surface area contributed by atoms with E-state index >= 15 is 0 Å². The van der Waals surface area contributed by atoms with Crippen molar-refractivity contribution in [3.05, 3.63) is 76.3 Å². The van der Waals surface area contributed by atoms with E-state index < -0.39 is 0 Å². The van der Waals surface area contributed by atoms with Crippen molar-refractivity contribution in [1.82, 2.24) is 19.8 Å². The number of benzene rings is 1. The van der Waals surface area contributed by atoms with E-state index in [1.807, 2.05) is 4.90 Å². The maximum Gasteiger partial charge on any atom is 0.275 e. The molecule has 6 nitrogen and oxygen atoms in total. The molecule has 1 aromatic carbocycles. The molecule has 0 unspecified atom stereocenters. The van der Waals surface area contributed by atoms with Gasteiger partial charge in [0.05, 0.1) is 6.54 Å². The van der Waals surface area contributed by atoms with Crippen molar-refractivity contribution in [1.29, 1.82) is 0 Å². The molecule has 4 aromatic rings. The molecule has 160 valence electrons. The zero-order valence-electron chi connectivity index (χ0n) is 17.4. The third kappa shape index (κ3) is 4.57. The minimum absolute atomic E-state index is 0.0175. The molecule has 0 saturated carbocycles. The molecule has 1 aliphatic rings. The predicted octanol–water partition coefficient (Wildman–Crippen LogP) is 4.70. The number of carbonyl (C=O) groups is 1. The second-order valence-electron chi connectivity index (χ2n) is 8.03. The molecular weight excluding hydrogens is 408 g/mol. The van der Waals surface area contributed by atoms with Crippen LogP contribution in [0.25, 0.3) is 10.9 Å². The van der Waals surface area contributed by atoms with Gasteiger partial charge in [-0.05, 0) is 42.3 Å². The molecule has 3 aromatic heterocycles. The molecule has 5 rings (SSSR count). The van der Waals surface area contributed by atoms with E-state index in [4.69, 9.17) is 4.42 Å². The van der Waals surface area contributed by atoms with Gasteiger partial charge < -0.3 is 14.3 Å². The van der Waals surface area contributed by atoms with Gasteiger partial charge in [-0.25, -0.2) is 4.98 Å². The summed E-state index contributed by atoms with van der Waals surface area (Å²) in [6.45, 7) is 3.91. The van der Waals surface area contributed by atoms with Crippen molar-refractivity contribution in [2.24, 2.45) is 0 Å². The Morgan fingerprint density at radius 3 is 2.87 bits per heavy atom. The molecule has 1 aliphatic heterocycles. The molecule has 1 saturated heterocycles. The van der Waals surface area contributed by atoms with Crippen LogP contribution < -0.4 is 0 Å². The molecule has 0 aliphatic carbocycles. The Morgan fingerprint density at radius 2 is 2.03 bits per heavy atom. The van der Waals surface area contributed by atoms with Crippen LogP contribution in [-0.4, -0.2) is 45.3 Å². The lowest BCUT2D eigenvalue weighted by Crippen LogP contribution is -2.28. The number of para-hydroxylation sites is 1. The Hall–Kier alpha value is -2.90. The minimum atomic E-state index is -0.0175. The number of thiophene rings is 1. The number of amides is 1. The number of carbonyl (C=O) groups excluding carboxylic acids is 1. The van der Waals surface area contributed by atoms with Crippen LogP contribution in [0.1, 0.15) is 39.7 Å². The summed E-state index contributed by atoms with van der Waals surface area (Å²) in [5.74, 6) is 0.578. The van der Waals surface area contributed by atoms with Crippen LogP contribution in [0.5, 0.6) is 0 Å². The number of oxazole rings is 1. The van der Waals surface area contributed by atoms with Crippen LogP contribution in [0.15, 0.2) is 58.7 Å². The van der Waals surface area contributed by atoms with Gasteiger partial charge >= 0.3 is 0 Å². The molecule has 1 N–H and O–H groups in total. The van der Waals surface area contributed by atoms with Crippen molar-refractivity contribution in [2.45, 2.75) is 32.4 Å². The number of aromatic amines is 1. The van der Waals surface area contributed by atoms with Gasteiger partial charge in [0.2, 0.25) is 5.89 Å². The number of aromatic nitrogens is 2. The van der Waals surface area contributed by atoms with E-state index in [-0.39, 0.29) is 5.91 Å². The predicted molar refractivity (Wildman–Crippen MR) is 122 cm³/mol. The zero-order chi connectivity index (χ0) is 21.0. The van der Waals surface area contributed by atoms with E-state index in [1.165, 1.54) is 27.6 Å². The molecule has 0 spiro atoms. The van der Waals surface area contributed by atoms with E-state index in [0.29, 0.717) is 18.1 Å². The highest BCUT2D eigenvalue weighted by Crippen LogP contribution is 2.20. The van der Waals surface area contributed by atoms with Crippen molar-refractivity contribution >= 4 is 28.1 Å². The lowest BCUT2D eigenvalue weighted by Gasteiger charge is -2.20. The number of nitrogens with zero attached hydrogens (tertiary/aromatic N) is 3. The van der Waals surface area contributed by atoms with Crippen molar-refractivity contribution in [2.75, 3.05) is 19.6 Å². The molecule has 0 bridgehead atoms. The van der Waals surface area contributed by atoms with E-state index in [0.717, 1.165) is 45.4 Å². The third-order valence-electron chi connectivity index (χ3n) is 5.85. The molecule has 0 atom stereocenters. The SMILES string of the molecule is O=C(c1coc(CN(CCc2c[nH]c3ccccc23)Cc2cccs2)n1)N1CCCC1. The highest BCUT2D eigenvalue weighted by Gasteiger charge is 2.23. The summed E-state index contributed by atoms with van der Waals surface area (Å²) >= 11 is 1.75. The van der Waals surface area contributed by atoms with E-state index in [1.54, 1.807) is 11.3 Å². The average Bonchev–Trinajstić information content (AvgIpc) is 3.60. The van der Waals surface area contributed by atoms with E-state index in [2.05, 4.69) is 62.8 Å². The monoisotopic (exact) mass is 434 g/mol. The summed E-state index contributed by atoms with van der Waals surface area (Å²) in [5.41, 5.74) is 2.90. The van der Waals surface area contributed by atoms with Crippen molar-refractivity contribution in [3.63, 3.8) is 0 Å². The number of hydrogen-bond donors (Lipinski definition) is 1. The summed E-state index contributed by atoms with van der Waals surface area (Å²) in [7, 11) is 0. The number of H-pyrrole nitrogens is 1. The van der Waals surface area contributed by atoms with Gasteiger partial charge in [0.25, 0.3) is 5.91 Å². The first-order valence-electron chi connectivity index (χ1n) is 10.8. The Bertz CT molecular complexity index is 1140. The standard InChI is InChI=1S/C24H26N4O2S/c29-24(28-10-3-4-11-28)22-17-30-23(26-22)16-27(15-19-6-5-13-31-19)12-9-18-14-25-21-8-2-1-7-20(18)21/h1-2,5-8,13-14,17,25H,3-4,9-12,15-16H2. The van der Waals surface area contributed by atoms with Gasteiger partial charge in [0.15, 0.2) is 5.69 Å². The second-order valence-corrected chi connectivity index (χ2v) is 9.06. The van der Waals surface area contributed by atoms with Crippen LogP contribution in [-0.2, 0) is 19.5 Å². The van der Waals surface area contributed by atoms with Gasteiger partial charge in [-0.15, -0.1) is 11.3 Å².